The topological polar surface area (TPSA) is 96.9 Å². The van der Waals surface area contributed by atoms with Crippen LogP contribution < -0.4 is 0 Å². The molecule has 0 amide bonds. The van der Waals surface area contributed by atoms with Crippen LogP contribution in [0.1, 0.15) is 15.9 Å². The maximum absolute atomic E-state index is 12.9. The fraction of sp³-hybridized carbons (Fsp3) is 0. The number of carbonyl (C=O) groups is 1. The molecule has 0 saturated carbocycles. The molecule has 1 aromatic heterocycles. The average Bonchev–Trinajstić information content (AvgIpc) is 2.38. The van der Waals surface area contributed by atoms with Crippen molar-refractivity contribution >= 4 is 34.2 Å². The fourth-order valence-corrected chi connectivity index (χ4v) is 1.82. The lowest BCUT2D eigenvalue weighted by Crippen LogP contribution is -1.99. The molecule has 0 atom stereocenters. The zero-order chi connectivity index (χ0) is 14.2. The Kier molecular flexibility index (Phi) is 3.10. The van der Waals surface area contributed by atoms with Crippen LogP contribution in [-0.2, 0) is 0 Å². The van der Waals surface area contributed by atoms with Gasteiger partial charge in [-0.25, -0.2) is 0 Å². The van der Waals surface area contributed by atoms with Crippen LogP contribution in [0.4, 0.5) is 10.1 Å². The molecule has 8 heteroatoms. The molecule has 0 fully saturated rings. The quantitative estimate of drug-likeness (QED) is 0.478. The zero-order valence-electron chi connectivity index (χ0n) is 9.05. The fourth-order valence-electron chi connectivity index (χ4n) is 1.59. The molecule has 0 radical (unpaired) electrons. The van der Waals surface area contributed by atoms with Gasteiger partial charge in [-0.1, -0.05) is 11.6 Å². The number of hydrogen-bond donors (Lipinski definition) is 0. The molecule has 1 heterocycles. The van der Waals surface area contributed by atoms with Gasteiger partial charge in [0.15, 0.2) is 0 Å². The van der Waals surface area contributed by atoms with Crippen molar-refractivity contribution in [1.29, 1.82) is 5.26 Å². The smallest absolute Gasteiger partial charge is 0.258 e. The molecule has 0 unspecified atom stereocenters. The SMILES string of the molecule is N#Cc1cnc2c(C(=O)F)cc([N+](=O)[O-])cc2c1Cl. The number of halogens is 2. The molecule has 0 aliphatic heterocycles. The number of carbonyl (C=O) groups excluding carboxylic acids is 1. The summed E-state index contributed by atoms with van der Waals surface area (Å²) in [6.45, 7) is 0. The number of pyridine rings is 1. The highest BCUT2D eigenvalue weighted by atomic mass is 35.5. The van der Waals surface area contributed by atoms with Crippen LogP contribution in [0, 0.1) is 21.4 Å². The van der Waals surface area contributed by atoms with Gasteiger partial charge in [0.2, 0.25) is 0 Å². The molecular formula is C11H3ClFN3O3. The molecule has 0 N–H and O–H groups in total. The van der Waals surface area contributed by atoms with Crippen LogP contribution in [0.3, 0.4) is 0 Å². The second-order valence-corrected chi connectivity index (χ2v) is 3.90. The third-order valence-electron chi connectivity index (χ3n) is 2.43. The maximum atomic E-state index is 12.9. The predicted octanol–water partition coefficient (Wildman–Crippen LogP) is 2.78. The van der Waals surface area contributed by atoms with Gasteiger partial charge < -0.3 is 0 Å². The second-order valence-electron chi connectivity index (χ2n) is 3.52. The molecule has 0 aliphatic rings. The van der Waals surface area contributed by atoms with E-state index in [-0.39, 0.29) is 21.5 Å². The van der Waals surface area contributed by atoms with E-state index in [1.807, 2.05) is 0 Å². The predicted molar refractivity (Wildman–Crippen MR) is 63.6 cm³/mol. The van der Waals surface area contributed by atoms with Crippen molar-refractivity contribution in [3.63, 3.8) is 0 Å². The van der Waals surface area contributed by atoms with E-state index in [0.717, 1.165) is 18.3 Å². The van der Waals surface area contributed by atoms with Gasteiger partial charge in [0.25, 0.3) is 5.69 Å². The Morgan fingerprint density at radius 1 is 1.53 bits per heavy atom. The van der Waals surface area contributed by atoms with Crippen molar-refractivity contribution in [2.75, 3.05) is 0 Å². The third-order valence-corrected chi connectivity index (χ3v) is 2.84. The first kappa shape index (κ1) is 12.9. The van der Waals surface area contributed by atoms with Crippen molar-refractivity contribution < 1.29 is 14.1 Å². The number of fused-ring (bicyclic) bond motifs is 1. The van der Waals surface area contributed by atoms with Gasteiger partial charge in [0.1, 0.15) is 6.07 Å². The Morgan fingerprint density at radius 3 is 2.74 bits per heavy atom. The van der Waals surface area contributed by atoms with E-state index in [4.69, 9.17) is 16.9 Å². The van der Waals surface area contributed by atoms with Gasteiger partial charge in [-0.2, -0.15) is 9.65 Å². The molecule has 0 saturated heterocycles. The monoisotopic (exact) mass is 279 g/mol. The molecule has 2 aromatic rings. The van der Waals surface area contributed by atoms with E-state index < -0.39 is 22.2 Å². The molecular weight excluding hydrogens is 277 g/mol. The average molecular weight is 280 g/mol. The number of rotatable bonds is 2. The van der Waals surface area contributed by atoms with Crippen LogP contribution in [0.25, 0.3) is 10.9 Å². The highest BCUT2D eigenvalue weighted by molar-refractivity contribution is 6.37. The Morgan fingerprint density at radius 2 is 2.21 bits per heavy atom. The number of nitrogens with zero attached hydrogens (tertiary/aromatic N) is 3. The number of nitro groups is 1. The van der Waals surface area contributed by atoms with Gasteiger partial charge in [0.05, 0.1) is 26.6 Å². The molecule has 94 valence electrons. The minimum absolute atomic E-state index is 0.0177. The molecule has 2 rings (SSSR count). The summed E-state index contributed by atoms with van der Waals surface area (Å²) >= 11 is 5.88. The summed E-state index contributed by atoms with van der Waals surface area (Å²) in [7, 11) is 0. The minimum Gasteiger partial charge on any atom is -0.258 e. The van der Waals surface area contributed by atoms with Crippen molar-refractivity contribution in [1.82, 2.24) is 4.98 Å². The summed E-state index contributed by atoms with van der Waals surface area (Å²) in [5, 5.41) is 19.4. The number of aromatic nitrogens is 1. The summed E-state index contributed by atoms with van der Waals surface area (Å²) < 4.78 is 12.9. The highest BCUT2D eigenvalue weighted by Crippen LogP contribution is 2.31. The van der Waals surface area contributed by atoms with Gasteiger partial charge in [-0.15, -0.1) is 0 Å². The lowest BCUT2D eigenvalue weighted by molar-refractivity contribution is -0.384. The molecule has 19 heavy (non-hydrogen) atoms. The first-order valence-corrected chi connectivity index (χ1v) is 5.20. The Balaban J connectivity index is 2.96. The van der Waals surface area contributed by atoms with Gasteiger partial charge in [-0.3, -0.25) is 19.9 Å². The van der Waals surface area contributed by atoms with Crippen LogP contribution in [0.2, 0.25) is 5.02 Å². The van der Waals surface area contributed by atoms with E-state index in [9.17, 15) is 19.3 Å². The summed E-state index contributed by atoms with van der Waals surface area (Å²) in [5.41, 5.74) is -1.21. The number of nitro benzene ring substituents is 1. The Bertz CT molecular complexity index is 770. The highest BCUT2D eigenvalue weighted by Gasteiger charge is 2.20. The lowest BCUT2D eigenvalue weighted by Gasteiger charge is -2.04. The first-order chi connectivity index (χ1) is 8.95. The van der Waals surface area contributed by atoms with E-state index in [0.29, 0.717) is 0 Å². The molecule has 1 aromatic carbocycles. The van der Waals surface area contributed by atoms with E-state index >= 15 is 0 Å². The third kappa shape index (κ3) is 2.09. The van der Waals surface area contributed by atoms with Crippen LogP contribution in [-0.4, -0.2) is 15.9 Å². The number of benzene rings is 1. The normalized spacial score (nSPS) is 10.2. The molecule has 0 bridgehead atoms. The van der Waals surface area contributed by atoms with E-state index in [2.05, 4.69) is 4.98 Å². The number of non-ortho nitro benzene ring substituents is 1. The first-order valence-electron chi connectivity index (χ1n) is 4.82. The van der Waals surface area contributed by atoms with Crippen molar-refractivity contribution in [2.24, 2.45) is 0 Å². The van der Waals surface area contributed by atoms with Gasteiger partial charge in [-0.05, 0) is 0 Å². The number of hydrogen-bond acceptors (Lipinski definition) is 5. The number of nitriles is 1. The summed E-state index contributed by atoms with van der Waals surface area (Å²) in [5.74, 6) is 0. The molecule has 0 spiro atoms. The Hall–Kier alpha value is -2.59. The minimum atomic E-state index is -1.86. The van der Waals surface area contributed by atoms with E-state index in [1.54, 1.807) is 6.07 Å². The van der Waals surface area contributed by atoms with E-state index in [1.165, 1.54) is 0 Å². The van der Waals surface area contributed by atoms with Crippen molar-refractivity contribution in [3.05, 3.63) is 44.6 Å². The van der Waals surface area contributed by atoms with Crippen LogP contribution in [0.15, 0.2) is 18.3 Å². The maximum Gasteiger partial charge on any atom is 0.334 e. The summed E-state index contributed by atoms with van der Waals surface area (Å²) in [4.78, 5) is 24.5. The molecule has 6 nitrogen and oxygen atoms in total. The Labute approximate surface area is 110 Å². The summed E-state index contributed by atoms with van der Waals surface area (Å²) in [6.07, 6.45) is 1.07. The van der Waals surface area contributed by atoms with Gasteiger partial charge in [0, 0.05) is 23.7 Å². The van der Waals surface area contributed by atoms with Crippen LogP contribution >= 0.6 is 11.6 Å². The van der Waals surface area contributed by atoms with Crippen molar-refractivity contribution in [2.45, 2.75) is 0 Å². The summed E-state index contributed by atoms with van der Waals surface area (Å²) in [6, 6.07) is 1.70. The van der Waals surface area contributed by atoms with Gasteiger partial charge >= 0.3 is 6.04 Å². The second kappa shape index (κ2) is 4.59. The standard InChI is InChI=1S/C11H3ClFN3O3/c12-9-5(3-14)4-15-10-7(9)1-6(16(18)19)2-8(10)11(13)17/h1-2,4H. The van der Waals surface area contributed by atoms with Crippen molar-refractivity contribution in [3.8, 4) is 6.07 Å². The van der Waals surface area contributed by atoms with Crippen LogP contribution in [0.5, 0.6) is 0 Å². The largest absolute Gasteiger partial charge is 0.334 e. The lowest BCUT2D eigenvalue weighted by atomic mass is 10.1. The molecule has 0 aliphatic carbocycles. The zero-order valence-corrected chi connectivity index (χ0v) is 9.81.